The number of hydrogen-bond acceptors (Lipinski definition) is 2. The van der Waals surface area contributed by atoms with E-state index in [1.165, 1.54) is 0 Å². The van der Waals surface area contributed by atoms with Crippen LogP contribution in [0.15, 0.2) is 73.3 Å². The van der Waals surface area contributed by atoms with Crippen LogP contribution in [-0.4, -0.2) is 22.2 Å². The zero-order chi connectivity index (χ0) is 18.5. The van der Waals surface area contributed by atoms with E-state index in [9.17, 15) is 9.59 Å². The zero-order valence-electron chi connectivity index (χ0n) is 14.7. The van der Waals surface area contributed by atoms with Crippen LogP contribution in [0.5, 0.6) is 0 Å². The van der Waals surface area contributed by atoms with Crippen LogP contribution in [0.25, 0.3) is 0 Å². The monoisotopic (exact) mass is 508 g/mol. The summed E-state index contributed by atoms with van der Waals surface area (Å²) in [4.78, 5) is 22.1. The van der Waals surface area contributed by atoms with Crippen molar-refractivity contribution in [1.82, 2.24) is 0 Å². The average Bonchev–Trinajstić information content (AvgIpc) is 2.64. The number of aromatic nitrogens is 2. The molecule has 0 spiro atoms. The van der Waals surface area contributed by atoms with E-state index < -0.39 is 11.9 Å². The minimum Gasteiger partial charge on any atom is -1.00 e. The zero-order valence-corrected chi connectivity index (χ0v) is 17.9. The maximum atomic E-state index is 11.0. The van der Waals surface area contributed by atoms with Gasteiger partial charge in [-0.15, -0.1) is 0 Å². The number of rotatable bonds is 6. The summed E-state index contributed by atoms with van der Waals surface area (Å²) in [5.74, 6) is -1.90. The van der Waals surface area contributed by atoms with Gasteiger partial charge in [0.1, 0.15) is 11.1 Å². The van der Waals surface area contributed by atoms with E-state index in [1.807, 2.05) is 45.8 Å². The van der Waals surface area contributed by atoms with Crippen LogP contribution >= 0.6 is 0 Å². The van der Waals surface area contributed by atoms with Crippen molar-refractivity contribution in [3.05, 3.63) is 95.6 Å². The second kappa shape index (κ2) is 10.7. The summed E-state index contributed by atoms with van der Waals surface area (Å²) in [5, 5.41) is 18.1. The van der Waals surface area contributed by atoms with E-state index in [2.05, 4.69) is 0 Å². The van der Waals surface area contributed by atoms with E-state index in [0.29, 0.717) is 13.1 Å². The van der Waals surface area contributed by atoms with Gasteiger partial charge in [-0.1, -0.05) is 24.3 Å². The molecule has 2 aromatic heterocycles. The van der Waals surface area contributed by atoms with Gasteiger partial charge >= 0.3 is 11.9 Å². The number of nitrogens with zero attached hydrogens (tertiary/aromatic N) is 2. The molecule has 2 heterocycles. The molecule has 3 rings (SSSR count). The summed E-state index contributed by atoms with van der Waals surface area (Å²) in [5.41, 5.74) is 2.59. The molecule has 3 aromatic rings. The molecule has 1 aromatic carbocycles. The Morgan fingerprint density at radius 2 is 1.04 bits per heavy atom. The molecule has 28 heavy (non-hydrogen) atoms. The van der Waals surface area contributed by atoms with Gasteiger partial charge in [-0.05, 0) is 12.1 Å². The van der Waals surface area contributed by atoms with Crippen molar-refractivity contribution in [2.45, 2.75) is 13.1 Å². The van der Waals surface area contributed by atoms with Crippen molar-refractivity contribution in [2.75, 3.05) is 0 Å². The largest absolute Gasteiger partial charge is 1.00 e. The molecule has 0 saturated carbocycles. The van der Waals surface area contributed by atoms with Crippen LogP contribution in [0, 0.1) is 0 Å². The fraction of sp³-hybridized carbons (Fsp3) is 0.100. The van der Waals surface area contributed by atoms with Crippen LogP contribution in [0.3, 0.4) is 0 Å². The number of benzene rings is 1. The van der Waals surface area contributed by atoms with Crippen LogP contribution in [-0.2, 0) is 13.1 Å². The fourth-order valence-corrected chi connectivity index (χ4v) is 2.67. The summed E-state index contributed by atoms with van der Waals surface area (Å²) in [6.45, 7) is 1.14. The maximum absolute atomic E-state index is 11.0. The molecule has 0 unspecified atom stereocenters. The van der Waals surface area contributed by atoms with Crippen molar-refractivity contribution >= 4 is 11.9 Å². The van der Waals surface area contributed by atoms with E-state index in [4.69, 9.17) is 10.2 Å². The molecule has 0 atom stereocenters. The Hall–Kier alpha value is -2.58. The first kappa shape index (κ1) is 23.5. The normalized spacial score (nSPS) is 9.71. The molecule has 0 aliphatic carbocycles. The van der Waals surface area contributed by atoms with Gasteiger partial charge in [0.2, 0.25) is 0 Å². The summed E-state index contributed by atoms with van der Waals surface area (Å²) in [6.07, 6.45) is 6.86. The molecule has 0 aliphatic rings. The summed E-state index contributed by atoms with van der Waals surface area (Å²) >= 11 is 0. The predicted molar refractivity (Wildman–Crippen MR) is 91.8 cm³/mol. The molecule has 6 nitrogen and oxygen atoms in total. The standard InChI is InChI=1S/C20H16N2O4.2BrH/c23-19(24)17-3-1-9-21(13-17)11-15-5-7-16(8-6-15)12-22-10-2-4-18(14-22)20(25)26;;/h1-10,13-14H,11-12H2;2*1H. The summed E-state index contributed by atoms with van der Waals surface area (Å²) in [6, 6.07) is 14.5. The Bertz CT molecular complexity index is 884. The molecular formula is C20H18Br2N2O4. The van der Waals surface area contributed by atoms with Crippen LogP contribution in [0.4, 0.5) is 0 Å². The van der Waals surface area contributed by atoms with E-state index >= 15 is 0 Å². The second-order valence-electron chi connectivity index (χ2n) is 5.96. The van der Waals surface area contributed by atoms with Gasteiger partial charge in [0, 0.05) is 23.3 Å². The number of hydrogen-bond donors (Lipinski definition) is 2. The summed E-state index contributed by atoms with van der Waals surface area (Å²) < 4.78 is 3.65. The predicted octanol–water partition coefficient (Wildman–Crippen LogP) is -4.24. The minimum absolute atomic E-state index is 0. The smallest absolute Gasteiger partial charge is 0.341 e. The summed E-state index contributed by atoms with van der Waals surface area (Å²) in [7, 11) is 0. The highest BCUT2D eigenvalue weighted by molar-refractivity contribution is 5.87. The Labute approximate surface area is 183 Å². The Kier molecular flexibility index (Phi) is 8.94. The van der Waals surface area contributed by atoms with Crippen molar-refractivity contribution in [3.8, 4) is 0 Å². The lowest BCUT2D eigenvalue weighted by molar-refractivity contribution is -0.689. The molecule has 0 saturated heterocycles. The van der Waals surface area contributed by atoms with Gasteiger partial charge in [0.15, 0.2) is 37.9 Å². The van der Waals surface area contributed by atoms with E-state index in [-0.39, 0.29) is 45.1 Å². The van der Waals surface area contributed by atoms with Crippen molar-refractivity contribution in [3.63, 3.8) is 0 Å². The molecule has 0 radical (unpaired) electrons. The first-order valence-electron chi connectivity index (χ1n) is 8.04. The average molecular weight is 510 g/mol. The lowest BCUT2D eigenvalue weighted by Crippen LogP contribution is -3.00. The number of halogens is 2. The third-order valence-corrected chi connectivity index (χ3v) is 3.96. The fourth-order valence-electron chi connectivity index (χ4n) is 2.67. The lowest BCUT2D eigenvalue weighted by Gasteiger charge is -2.02. The highest BCUT2D eigenvalue weighted by atomic mass is 79.9. The Morgan fingerprint density at radius 3 is 1.36 bits per heavy atom. The number of aromatic carboxylic acids is 2. The first-order chi connectivity index (χ1) is 12.5. The van der Waals surface area contributed by atoms with Gasteiger partial charge in [-0.25, -0.2) is 9.59 Å². The van der Waals surface area contributed by atoms with Crippen LogP contribution in [0.2, 0.25) is 0 Å². The van der Waals surface area contributed by atoms with Crippen LogP contribution < -0.4 is 43.1 Å². The number of carboxylic acid groups (broad SMARTS) is 2. The van der Waals surface area contributed by atoms with Crippen molar-refractivity contribution in [2.24, 2.45) is 0 Å². The Morgan fingerprint density at radius 1 is 0.679 bits per heavy atom. The van der Waals surface area contributed by atoms with Gasteiger partial charge in [-0.2, -0.15) is 9.13 Å². The second-order valence-corrected chi connectivity index (χ2v) is 5.96. The molecule has 8 heteroatoms. The Balaban J connectivity index is 0.00000196. The highest BCUT2D eigenvalue weighted by Gasteiger charge is 2.11. The first-order valence-corrected chi connectivity index (χ1v) is 8.04. The van der Waals surface area contributed by atoms with E-state index in [0.717, 1.165) is 11.1 Å². The molecular weight excluding hydrogens is 492 g/mol. The SMILES string of the molecule is O=C(O)c1ccc[n+](Cc2ccc(C[n+]3cccc(C(=O)O)c3)cc2)c1.[Br-].[Br-]. The lowest BCUT2D eigenvalue weighted by atomic mass is 10.1. The third kappa shape index (κ3) is 6.24. The van der Waals surface area contributed by atoms with Gasteiger partial charge in [0.25, 0.3) is 0 Å². The number of carbonyl (C=O) groups is 2. The quantitative estimate of drug-likeness (QED) is 0.330. The molecule has 2 N–H and O–H groups in total. The molecule has 0 amide bonds. The highest BCUT2D eigenvalue weighted by Crippen LogP contribution is 2.05. The van der Waals surface area contributed by atoms with Gasteiger partial charge in [0.05, 0.1) is 0 Å². The molecule has 0 aliphatic heterocycles. The number of pyridine rings is 2. The maximum Gasteiger partial charge on any atom is 0.341 e. The number of carboxylic acids is 2. The molecule has 146 valence electrons. The van der Waals surface area contributed by atoms with Crippen molar-refractivity contribution < 1.29 is 62.9 Å². The van der Waals surface area contributed by atoms with Gasteiger partial charge in [-0.3, -0.25) is 0 Å². The molecule has 0 fully saturated rings. The third-order valence-electron chi connectivity index (χ3n) is 3.96. The minimum atomic E-state index is -0.949. The molecule has 0 bridgehead atoms. The van der Waals surface area contributed by atoms with Crippen LogP contribution in [0.1, 0.15) is 31.8 Å². The van der Waals surface area contributed by atoms with Gasteiger partial charge < -0.3 is 44.2 Å². The van der Waals surface area contributed by atoms with E-state index in [1.54, 1.807) is 36.7 Å². The topological polar surface area (TPSA) is 82.4 Å². The van der Waals surface area contributed by atoms with Crippen molar-refractivity contribution in [1.29, 1.82) is 0 Å².